The molecule has 1 aromatic heterocycles. The van der Waals surface area contributed by atoms with Crippen LogP contribution in [0.25, 0.3) is 0 Å². The molecule has 0 aliphatic heterocycles. The van der Waals surface area contributed by atoms with E-state index in [-0.39, 0.29) is 47.4 Å². The number of carbonyl (C=O) groups excluding carboxylic acids is 3. The van der Waals surface area contributed by atoms with Crippen LogP contribution in [-0.4, -0.2) is 38.7 Å². The third-order valence-corrected chi connectivity index (χ3v) is 6.15. The van der Waals surface area contributed by atoms with Crippen molar-refractivity contribution in [3.63, 3.8) is 0 Å². The van der Waals surface area contributed by atoms with Gasteiger partial charge in [0.1, 0.15) is 11.4 Å². The van der Waals surface area contributed by atoms with Gasteiger partial charge in [0.2, 0.25) is 5.91 Å². The summed E-state index contributed by atoms with van der Waals surface area (Å²) in [4.78, 5) is 44.0. The number of H-pyrrole nitrogens is 1. The van der Waals surface area contributed by atoms with Crippen LogP contribution in [0, 0.1) is 5.92 Å². The van der Waals surface area contributed by atoms with E-state index in [0.717, 1.165) is 0 Å². The van der Waals surface area contributed by atoms with Crippen molar-refractivity contribution in [2.75, 3.05) is 5.32 Å². The lowest BCUT2D eigenvalue weighted by Crippen LogP contribution is -2.40. The summed E-state index contributed by atoms with van der Waals surface area (Å²) in [5, 5.41) is 16.4. The van der Waals surface area contributed by atoms with Crippen LogP contribution in [-0.2, 0) is 10.4 Å². The van der Waals surface area contributed by atoms with Crippen molar-refractivity contribution in [2.45, 2.75) is 64.5 Å². The fourth-order valence-corrected chi connectivity index (χ4v) is 4.00. The molecular weight excluding hydrogens is 432 g/mol. The van der Waals surface area contributed by atoms with E-state index < -0.39 is 5.60 Å². The maximum atomic E-state index is 12.8. The van der Waals surface area contributed by atoms with Gasteiger partial charge in [-0.15, -0.1) is 0 Å². The first-order chi connectivity index (χ1) is 15.1. The molecule has 3 rings (SSSR count). The van der Waals surface area contributed by atoms with Crippen molar-refractivity contribution in [3.05, 3.63) is 46.5 Å². The number of hydrogen-bond donors (Lipinski definition) is 4. The minimum absolute atomic E-state index is 0.0819. The molecule has 1 aliphatic carbocycles. The molecule has 0 unspecified atom stereocenters. The number of aromatic amines is 1. The Morgan fingerprint density at radius 2 is 1.91 bits per heavy atom. The van der Waals surface area contributed by atoms with Crippen molar-refractivity contribution in [1.82, 2.24) is 15.3 Å². The number of halogens is 1. The molecule has 0 bridgehead atoms. The van der Waals surface area contributed by atoms with E-state index >= 15 is 0 Å². The molecule has 32 heavy (non-hydrogen) atoms. The predicted octanol–water partition coefficient (Wildman–Crippen LogP) is 3.81. The van der Waals surface area contributed by atoms with Crippen LogP contribution in [0.4, 0.5) is 5.69 Å². The van der Waals surface area contributed by atoms with Gasteiger partial charge in [0.05, 0.1) is 22.6 Å². The fraction of sp³-hybridized carbons (Fsp3) is 0.478. The van der Waals surface area contributed by atoms with Crippen LogP contribution < -0.4 is 10.6 Å². The molecule has 8 nitrogen and oxygen atoms in total. The van der Waals surface area contributed by atoms with Gasteiger partial charge in [-0.25, -0.2) is 4.98 Å². The smallest absolute Gasteiger partial charge is 0.270 e. The van der Waals surface area contributed by atoms with E-state index in [4.69, 9.17) is 11.6 Å². The van der Waals surface area contributed by atoms with Crippen LogP contribution in [0.5, 0.6) is 0 Å². The van der Waals surface area contributed by atoms with Gasteiger partial charge in [0.15, 0.2) is 5.78 Å². The molecule has 1 aliphatic rings. The zero-order chi connectivity index (χ0) is 23.5. The molecule has 1 aromatic carbocycles. The lowest BCUT2D eigenvalue weighted by molar-refractivity contribution is -0.120. The molecule has 0 spiro atoms. The third kappa shape index (κ3) is 5.55. The number of aromatic nitrogens is 2. The SMILES string of the molecule is CCC(=O)c1nc[nH]c1C(=O)NC1CCC(C(=O)Nc2cc(C(C)(C)O)ccc2Cl)CC1. The molecule has 1 saturated carbocycles. The van der Waals surface area contributed by atoms with Gasteiger partial charge in [0, 0.05) is 18.4 Å². The summed E-state index contributed by atoms with van der Waals surface area (Å²) in [5.74, 6) is -0.880. The molecule has 2 aromatic rings. The van der Waals surface area contributed by atoms with Crippen LogP contribution >= 0.6 is 11.6 Å². The quantitative estimate of drug-likeness (QED) is 0.467. The Bertz CT molecular complexity index is 1000. The van der Waals surface area contributed by atoms with E-state index in [1.165, 1.54) is 6.33 Å². The number of carbonyl (C=O) groups is 3. The lowest BCUT2D eigenvalue weighted by Gasteiger charge is -2.28. The van der Waals surface area contributed by atoms with Crippen molar-refractivity contribution in [1.29, 1.82) is 0 Å². The Morgan fingerprint density at radius 1 is 1.22 bits per heavy atom. The largest absolute Gasteiger partial charge is 0.386 e. The van der Waals surface area contributed by atoms with Crippen molar-refractivity contribution in [3.8, 4) is 0 Å². The second-order valence-electron chi connectivity index (χ2n) is 8.67. The summed E-state index contributed by atoms with van der Waals surface area (Å²) in [7, 11) is 0. The number of nitrogens with one attached hydrogen (secondary N) is 3. The zero-order valence-electron chi connectivity index (χ0n) is 18.5. The van der Waals surface area contributed by atoms with Crippen molar-refractivity contribution in [2.24, 2.45) is 5.92 Å². The van der Waals surface area contributed by atoms with E-state index in [9.17, 15) is 19.5 Å². The van der Waals surface area contributed by atoms with Gasteiger partial charge in [-0.3, -0.25) is 14.4 Å². The van der Waals surface area contributed by atoms with E-state index in [1.54, 1.807) is 39.0 Å². The highest BCUT2D eigenvalue weighted by Crippen LogP contribution is 2.31. The monoisotopic (exact) mass is 460 g/mol. The first-order valence-corrected chi connectivity index (χ1v) is 11.2. The highest BCUT2D eigenvalue weighted by molar-refractivity contribution is 6.33. The van der Waals surface area contributed by atoms with Crippen molar-refractivity contribution < 1.29 is 19.5 Å². The summed E-state index contributed by atoms with van der Waals surface area (Å²) in [6.07, 6.45) is 4.14. The number of ketones is 1. The normalized spacial score (nSPS) is 18.8. The summed E-state index contributed by atoms with van der Waals surface area (Å²) < 4.78 is 0. The molecule has 4 N–H and O–H groups in total. The second kappa shape index (κ2) is 9.83. The van der Waals surface area contributed by atoms with E-state index in [2.05, 4.69) is 20.6 Å². The summed E-state index contributed by atoms with van der Waals surface area (Å²) in [6.45, 7) is 5.06. The Balaban J connectivity index is 1.56. The summed E-state index contributed by atoms with van der Waals surface area (Å²) in [5.41, 5.74) is 0.417. The van der Waals surface area contributed by atoms with Gasteiger partial charge < -0.3 is 20.7 Å². The Kier molecular flexibility index (Phi) is 7.36. The van der Waals surface area contributed by atoms with Gasteiger partial charge in [-0.2, -0.15) is 0 Å². The standard InChI is InChI=1S/C23H29ClN4O4/c1-4-18(29)19-20(26-12-25-19)22(31)27-15-8-5-13(6-9-15)21(30)28-17-11-14(23(2,3)32)7-10-16(17)24/h7,10-13,15,32H,4-6,8-9H2,1-3H3,(H,25,26)(H,27,31)(H,28,30). The molecule has 1 heterocycles. The minimum atomic E-state index is -1.05. The molecule has 2 amide bonds. The molecular formula is C23H29ClN4O4. The Hall–Kier alpha value is -2.71. The number of anilines is 1. The van der Waals surface area contributed by atoms with E-state index in [1.807, 2.05) is 0 Å². The zero-order valence-corrected chi connectivity index (χ0v) is 19.3. The summed E-state index contributed by atoms with van der Waals surface area (Å²) in [6, 6.07) is 4.99. The summed E-state index contributed by atoms with van der Waals surface area (Å²) >= 11 is 6.23. The number of imidazole rings is 1. The molecule has 0 saturated heterocycles. The average molecular weight is 461 g/mol. The number of aliphatic hydroxyl groups is 1. The van der Waals surface area contributed by atoms with Gasteiger partial charge in [0.25, 0.3) is 5.91 Å². The number of benzene rings is 1. The topological polar surface area (TPSA) is 124 Å². The average Bonchev–Trinajstić information content (AvgIpc) is 3.24. The van der Waals surface area contributed by atoms with Gasteiger partial charge >= 0.3 is 0 Å². The molecule has 9 heteroatoms. The first kappa shape index (κ1) is 23.9. The molecule has 1 fully saturated rings. The molecule has 0 atom stereocenters. The molecule has 172 valence electrons. The highest BCUT2D eigenvalue weighted by atomic mass is 35.5. The number of amides is 2. The molecule has 0 radical (unpaired) electrons. The van der Waals surface area contributed by atoms with Crippen LogP contribution in [0.15, 0.2) is 24.5 Å². The second-order valence-corrected chi connectivity index (χ2v) is 9.07. The highest BCUT2D eigenvalue weighted by Gasteiger charge is 2.29. The number of Topliss-reactive ketones (excluding diaryl/α,β-unsaturated/α-hetero) is 1. The maximum Gasteiger partial charge on any atom is 0.270 e. The van der Waals surface area contributed by atoms with Crippen molar-refractivity contribution >= 4 is 34.9 Å². The lowest BCUT2D eigenvalue weighted by atomic mass is 9.85. The third-order valence-electron chi connectivity index (χ3n) is 5.82. The Labute approximate surface area is 192 Å². The van der Waals surface area contributed by atoms with Gasteiger partial charge in [-0.1, -0.05) is 24.6 Å². The van der Waals surface area contributed by atoms with Crippen LogP contribution in [0.1, 0.15) is 79.4 Å². The first-order valence-electron chi connectivity index (χ1n) is 10.8. The maximum absolute atomic E-state index is 12.8. The van der Waals surface area contributed by atoms with E-state index in [0.29, 0.717) is 42.0 Å². The van der Waals surface area contributed by atoms with Crippen LogP contribution in [0.3, 0.4) is 0 Å². The minimum Gasteiger partial charge on any atom is -0.386 e. The van der Waals surface area contributed by atoms with Gasteiger partial charge in [-0.05, 0) is 57.2 Å². The number of hydrogen-bond acceptors (Lipinski definition) is 5. The van der Waals surface area contributed by atoms with Crippen LogP contribution in [0.2, 0.25) is 5.02 Å². The fourth-order valence-electron chi connectivity index (χ4n) is 3.84. The Morgan fingerprint density at radius 3 is 2.53 bits per heavy atom. The number of rotatable bonds is 7. The predicted molar refractivity (Wildman–Crippen MR) is 122 cm³/mol. The number of nitrogens with zero attached hydrogens (tertiary/aromatic N) is 1.